The molecular formula is C37H42FN5O5S. The van der Waals surface area contributed by atoms with Crippen LogP contribution in [0.25, 0.3) is 39.5 Å². The lowest BCUT2D eigenvalue weighted by Gasteiger charge is -2.30. The molecule has 0 spiro atoms. The Morgan fingerprint density at radius 3 is 2.37 bits per heavy atom. The summed E-state index contributed by atoms with van der Waals surface area (Å²) in [6, 6.07) is 11.0. The van der Waals surface area contributed by atoms with Crippen molar-refractivity contribution in [2.75, 3.05) is 26.1 Å². The van der Waals surface area contributed by atoms with Crippen LogP contribution >= 0.6 is 11.3 Å². The van der Waals surface area contributed by atoms with Crippen LogP contribution in [0.2, 0.25) is 0 Å². The predicted molar refractivity (Wildman–Crippen MR) is 192 cm³/mol. The van der Waals surface area contributed by atoms with Crippen LogP contribution in [0.1, 0.15) is 58.3 Å². The number of ether oxygens (including phenoxy) is 3. The minimum Gasteiger partial charge on any atom is -0.493 e. The highest BCUT2D eigenvalue weighted by Gasteiger charge is 2.41. The maximum Gasteiger partial charge on any atom is 0.408 e. The molecule has 1 aromatic carbocycles. The zero-order chi connectivity index (χ0) is 35.2. The molecule has 0 bridgehead atoms. The van der Waals surface area contributed by atoms with Gasteiger partial charge in [-0.3, -0.25) is 10.3 Å². The number of thiophene rings is 1. The summed E-state index contributed by atoms with van der Waals surface area (Å²) in [5.74, 6) is 1.16. The number of nitrogens with zero attached hydrogens (tertiary/aromatic N) is 2. The van der Waals surface area contributed by atoms with Crippen LogP contribution in [0.3, 0.4) is 0 Å². The Balaban J connectivity index is 1.52. The molecule has 0 aliphatic heterocycles. The summed E-state index contributed by atoms with van der Waals surface area (Å²) in [5.41, 5.74) is 3.05. The van der Waals surface area contributed by atoms with E-state index in [0.29, 0.717) is 41.6 Å². The number of carbonyl (C=O) groups is 2. The summed E-state index contributed by atoms with van der Waals surface area (Å²) in [5, 5.41) is 10.3. The molecular weight excluding hydrogens is 646 g/mol. The number of halogens is 1. The second-order valence-electron chi connectivity index (χ2n) is 12.8. The Bertz CT molecular complexity index is 1840. The molecule has 0 atom stereocenters. The molecule has 0 unspecified atom stereocenters. The predicted octanol–water partition coefficient (Wildman–Crippen LogP) is 8.85. The number of rotatable bonds is 10. The number of nitrogens with one attached hydrogen (secondary N) is 3. The van der Waals surface area contributed by atoms with Crippen molar-refractivity contribution in [3.05, 3.63) is 71.1 Å². The first kappa shape index (κ1) is 35.3. The third-order valence-corrected chi connectivity index (χ3v) is 8.98. The third-order valence-electron chi connectivity index (χ3n) is 8.10. The van der Waals surface area contributed by atoms with Gasteiger partial charge in [0.1, 0.15) is 17.2 Å². The van der Waals surface area contributed by atoms with Gasteiger partial charge in [-0.2, -0.15) is 0 Å². The number of benzene rings is 1. The topological polar surface area (TPSA) is 124 Å². The molecule has 1 fully saturated rings. The Labute approximate surface area is 290 Å². The van der Waals surface area contributed by atoms with Gasteiger partial charge in [0.05, 0.1) is 19.8 Å². The van der Waals surface area contributed by atoms with E-state index in [4.69, 9.17) is 14.2 Å². The molecule has 1 saturated carbocycles. The van der Waals surface area contributed by atoms with Gasteiger partial charge in [-0.1, -0.05) is 18.9 Å². The lowest BCUT2D eigenvalue weighted by Crippen LogP contribution is -2.48. The largest absolute Gasteiger partial charge is 0.493 e. The molecule has 5 rings (SSSR count). The molecule has 12 heteroatoms. The van der Waals surface area contributed by atoms with Crippen LogP contribution in [0.15, 0.2) is 66.2 Å². The minimum atomic E-state index is -1.12. The molecule has 4 aromatic rings. The maximum absolute atomic E-state index is 16.1. The van der Waals surface area contributed by atoms with Crippen molar-refractivity contribution in [2.24, 2.45) is 0 Å². The van der Waals surface area contributed by atoms with Crippen molar-refractivity contribution in [1.82, 2.24) is 20.6 Å². The van der Waals surface area contributed by atoms with Gasteiger partial charge in [-0.05, 0) is 99.0 Å². The highest BCUT2D eigenvalue weighted by atomic mass is 32.1. The highest BCUT2D eigenvalue weighted by molar-refractivity contribution is 7.11. The van der Waals surface area contributed by atoms with Crippen molar-refractivity contribution in [1.29, 1.82) is 0 Å². The van der Waals surface area contributed by atoms with Crippen LogP contribution in [0.5, 0.6) is 11.5 Å². The van der Waals surface area contributed by atoms with Gasteiger partial charge in [0.25, 0.3) is 0 Å². The number of alkyl carbamates (subject to hydrolysis) is 1. The maximum atomic E-state index is 16.1. The highest BCUT2D eigenvalue weighted by Crippen LogP contribution is 2.41. The molecule has 49 heavy (non-hydrogen) atoms. The summed E-state index contributed by atoms with van der Waals surface area (Å²) in [6.45, 7) is 7.63. The zero-order valence-electron chi connectivity index (χ0n) is 28.6. The van der Waals surface area contributed by atoms with E-state index in [0.717, 1.165) is 46.2 Å². The summed E-state index contributed by atoms with van der Waals surface area (Å²) >= 11 is 1.38. The van der Waals surface area contributed by atoms with E-state index in [-0.39, 0.29) is 6.03 Å². The number of pyridine rings is 2. The van der Waals surface area contributed by atoms with E-state index < -0.39 is 23.1 Å². The SMILES string of the molecule is CCNC(=O)Nc1cc(-c2csc(/C=C(\F)C3(NC(=O)OC(C)(C)C)CCCC3)c2)c(-c2cncc(-c3ccc(OC)c(OC)c3)c2)cn1. The molecule has 1 aliphatic rings. The van der Waals surface area contributed by atoms with E-state index in [1.54, 1.807) is 59.6 Å². The van der Waals surface area contributed by atoms with E-state index >= 15 is 4.39 Å². The van der Waals surface area contributed by atoms with Crippen LogP contribution in [0.4, 0.5) is 19.8 Å². The van der Waals surface area contributed by atoms with Gasteiger partial charge >= 0.3 is 12.1 Å². The van der Waals surface area contributed by atoms with E-state index in [1.807, 2.05) is 42.6 Å². The first-order valence-corrected chi connectivity index (χ1v) is 17.0. The summed E-state index contributed by atoms with van der Waals surface area (Å²) < 4.78 is 32.5. The summed E-state index contributed by atoms with van der Waals surface area (Å²) in [4.78, 5) is 34.8. The number of aromatic nitrogens is 2. The van der Waals surface area contributed by atoms with Gasteiger partial charge in [0, 0.05) is 46.7 Å². The van der Waals surface area contributed by atoms with Crippen molar-refractivity contribution < 1.29 is 28.2 Å². The van der Waals surface area contributed by atoms with E-state index in [2.05, 4.69) is 25.9 Å². The summed E-state index contributed by atoms with van der Waals surface area (Å²) in [6.07, 6.45) is 8.63. The molecule has 3 N–H and O–H groups in total. The van der Waals surface area contributed by atoms with Gasteiger partial charge in [-0.25, -0.2) is 19.0 Å². The second kappa shape index (κ2) is 15.1. The van der Waals surface area contributed by atoms with Gasteiger partial charge in [-0.15, -0.1) is 11.3 Å². The number of carbonyl (C=O) groups excluding carboxylic acids is 2. The fourth-order valence-electron chi connectivity index (χ4n) is 5.81. The fraction of sp³-hybridized carbons (Fsp3) is 0.351. The first-order valence-electron chi connectivity index (χ1n) is 16.1. The van der Waals surface area contributed by atoms with E-state index in [1.165, 1.54) is 17.4 Å². The number of urea groups is 1. The van der Waals surface area contributed by atoms with Crippen LogP contribution in [-0.2, 0) is 4.74 Å². The molecule has 3 amide bonds. The quantitative estimate of drug-likeness (QED) is 0.152. The Morgan fingerprint density at radius 1 is 0.939 bits per heavy atom. The van der Waals surface area contributed by atoms with Crippen molar-refractivity contribution in [2.45, 2.75) is 64.5 Å². The van der Waals surface area contributed by atoms with Crippen LogP contribution in [-0.4, -0.2) is 54.0 Å². The monoisotopic (exact) mass is 687 g/mol. The average Bonchev–Trinajstić information content (AvgIpc) is 3.74. The van der Waals surface area contributed by atoms with Gasteiger partial charge < -0.3 is 24.8 Å². The number of amides is 3. The van der Waals surface area contributed by atoms with Crippen molar-refractivity contribution >= 4 is 35.4 Å². The average molecular weight is 688 g/mol. The number of hydrogen-bond acceptors (Lipinski definition) is 8. The van der Waals surface area contributed by atoms with Crippen molar-refractivity contribution in [3.8, 4) is 44.9 Å². The van der Waals surface area contributed by atoms with E-state index in [9.17, 15) is 9.59 Å². The third kappa shape index (κ3) is 8.55. The van der Waals surface area contributed by atoms with Crippen molar-refractivity contribution in [3.63, 3.8) is 0 Å². The van der Waals surface area contributed by atoms with Gasteiger partial charge in [0.2, 0.25) is 0 Å². The molecule has 1 aliphatic carbocycles. The Hall–Kier alpha value is -4.97. The molecule has 10 nitrogen and oxygen atoms in total. The lowest BCUT2D eigenvalue weighted by molar-refractivity contribution is 0.0463. The van der Waals surface area contributed by atoms with Gasteiger partial charge in [0.15, 0.2) is 11.5 Å². The Morgan fingerprint density at radius 2 is 1.67 bits per heavy atom. The summed E-state index contributed by atoms with van der Waals surface area (Å²) in [7, 11) is 3.18. The first-order chi connectivity index (χ1) is 23.4. The van der Waals surface area contributed by atoms with Crippen LogP contribution in [0, 0.1) is 0 Å². The smallest absolute Gasteiger partial charge is 0.408 e. The normalized spacial score (nSPS) is 14.2. The molecule has 3 aromatic heterocycles. The lowest BCUT2D eigenvalue weighted by atomic mass is 9.94. The molecule has 258 valence electrons. The minimum absolute atomic E-state index is 0.356. The fourth-order valence-corrected chi connectivity index (χ4v) is 6.63. The molecule has 3 heterocycles. The van der Waals surface area contributed by atoms with Crippen LogP contribution < -0.4 is 25.4 Å². The second-order valence-corrected chi connectivity index (χ2v) is 13.7. The standard InChI is InChI=1S/C37H42FN5O5S/c1-7-40-34(44)42-33-18-28(29(21-41-33)25-14-24(19-39-20-25)23-10-11-30(46-5)31(16-23)47-6)26-15-27(49-22-26)17-32(38)37(12-8-9-13-37)43-35(45)48-36(2,3)4/h10-11,14-22H,7-9,12-13H2,1-6H3,(H,43,45)(H2,40,41,42,44)/b32-17-. The number of anilines is 1. The Kier molecular flexibility index (Phi) is 10.9. The number of hydrogen-bond donors (Lipinski definition) is 3. The molecule has 0 radical (unpaired) electrons. The number of methoxy groups -OCH3 is 2. The zero-order valence-corrected chi connectivity index (χ0v) is 29.4. The molecule has 0 saturated heterocycles.